The lowest BCUT2D eigenvalue weighted by Gasteiger charge is -2.12. The van der Waals surface area contributed by atoms with Crippen molar-refractivity contribution in [2.75, 3.05) is 0 Å². The third-order valence-electron chi connectivity index (χ3n) is 2.98. The molecule has 20 heavy (non-hydrogen) atoms. The lowest BCUT2D eigenvalue weighted by molar-refractivity contribution is 0.476. The van der Waals surface area contributed by atoms with E-state index < -0.39 is 0 Å². The molecule has 1 atom stereocenters. The quantitative estimate of drug-likeness (QED) is 0.886. The zero-order valence-corrected chi connectivity index (χ0v) is 13.1. The fourth-order valence-electron chi connectivity index (χ4n) is 1.99. The molecule has 2 aromatic carbocycles. The van der Waals surface area contributed by atoms with Gasteiger partial charge >= 0.3 is 0 Å². The maximum atomic E-state index is 13.0. The first kappa shape index (κ1) is 15.0. The standard InChI is InChI=1S/C16H17BrFNO/c1-10-7-14(5-3-12(10)8-11(2)19)20-16-6-4-13(18)9-15(16)17/h3-7,9,11H,8,19H2,1-2H3. The Morgan fingerprint density at radius 2 is 2.00 bits per heavy atom. The van der Waals surface area contributed by atoms with Crippen LogP contribution in [0.15, 0.2) is 40.9 Å². The molecule has 0 bridgehead atoms. The third-order valence-corrected chi connectivity index (χ3v) is 3.60. The first-order valence-electron chi connectivity index (χ1n) is 6.43. The van der Waals surface area contributed by atoms with Crippen molar-refractivity contribution in [1.29, 1.82) is 0 Å². The minimum atomic E-state index is -0.298. The highest BCUT2D eigenvalue weighted by molar-refractivity contribution is 9.10. The van der Waals surface area contributed by atoms with Crippen LogP contribution in [0.1, 0.15) is 18.1 Å². The molecule has 0 fully saturated rings. The molecule has 0 spiro atoms. The Bertz CT molecular complexity index is 613. The summed E-state index contributed by atoms with van der Waals surface area (Å²) in [6.07, 6.45) is 0.840. The zero-order chi connectivity index (χ0) is 14.7. The van der Waals surface area contributed by atoms with Crippen LogP contribution in [0.5, 0.6) is 11.5 Å². The van der Waals surface area contributed by atoms with Crippen LogP contribution in [0.3, 0.4) is 0 Å². The van der Waals surface area contributed by atoms with Gasteiger partial charge in [-0.3, -0.25) is 0 Å². The Balaban J connectivity index is 2.20. The van der Waals surface area contributed by atoms with Gasteiger partial charge in [0.2, 0.25) is 0 Å². The van der Waals surface area contributed by atoms with Crippen LogP contribution in [0.4, 0.5) is 4.39 Å². The third kappa shape index (κ3) is 3.81. The lowest BCUT2D eigenvalue weighted by Crippen LogP contribution is -2.18. The summed E-state index contributed by atoms with van der Waals surface area (Å²) in [4.78, 5) is 0. The summed E-state index contributed by atoms with van der Waals surface area (Å²) in [6.45, 7) is 4.02. The van der Waals surface area contributed by atoms with Crippen molar-refractivity contribution in [3.8, 4) is 11.5 Å². The van der Waals surface area contributed by atoms with E-state index in [1.807, 2.05) is 32.0 Å². The molecule has 0 heterocycles. The molecule has 0 radical (unpaired) electrons. The SMILES string of the molecule is Cc1cc(Oc2ccc(F)cc2Br)ccc1CC(C)N. The molecular weight excluding hydrogens is 321 g/mol. The highest BCUT2D eigenvalue weighted by Gasteiger charge is 2.07. The Morgan fingerprint density at radius 1 is 1.25 bits per heavy atom. The summed E-state index contributed by atoms with van der Waals surface area (Å²) < 4.78 is 19.4. The van der Waals surface area contributed by atoms with Crippen LogP contribution in [0.25, 0.3) is 0 Å². The van der Waals surface area contributed by atoms with Gasteiger partial charge in [0.05, 0.1) is 4.47 Å². The molecule has 2 N–H and O–H groups in total. The van der Waals surface area contributed by atoms with Gasteiger partial charge in [-0.2, -0.15) is 0 Å². The van der Waals surface area contributed by atoms with Crippen LogP contribution < -0.4 is 10.5 Å². The molecule has 106 valence electrons. The Hall–Kier alpha value is -1.39. The number of rotatable bonds is 4. The minimum Gasteiger partial charge on any atom is -0.456 e. The number of halogens is 2. The second kappa shape index (κ2) is 6.37. The topological polar surface area (TPSA) is 35.2 Å². The summed E-state index contributed by atoms with van der Waals surface area (Å²) in [5.74, 6) is 1.02. The largest absolute Gasteiger partial charge is 0.456 e. The Morgan fingerprint density at radius 3 is 2.60 bits per heavy atom. The molecular formula is C16H17BrFNO. The Labute approximate surface area is 126 Å². The molecule has 4 heteroatoms. The minimum absolute atomic E-state index is 0.131. The summed E-state index contributed by atoms with van der Waals surface area (Å²) in [5.41, 5.74) is 8.17. The van der Waals surface area contributed by atoms with Crippen molar-refractivity contribution in [2.45, 2.75) is 26.3 Å². The van der Waals surface area contributed by atoms with E-state index in [0.29, 0.717) is 10.2 Å². The second-order valence-corrected chi connectivity index (χ2v) is 5.80. The van der Waals surface area contributed by atoms with Crippen LogP contribution in [-0.2, 0) is 6.42 Å². The summed E-state index contributed by atoms with van der Waals surface area (Å²) >= 11 is 3.29. The number of ether oxygens (including phenoxy) is 1. The van der Waals surface area contributed by atoms with Crippen molar-refractivity contribution >= 4 is 15.9 Å². The van der Waals surface area contributed by atoms with Crippen molar-refractivity contribution in [2.24, 2.45) is 5.73 Å². The molecule has 0 aliphatic rings. The van der Waals surface area contributed by atoms with Gasteiger partial charge in [0.1, 0.15) is 17.3 Å². The molecule has 0 saturated carbocycles. The van der Waals surface area contributed by atoms with Gasteiger partial charge in [-0.05, 0) is 77.7 Å². The average Bonchev–Trinajstić information content (AvgIpc) is 2.36. The maximum Gasteiger partial charge on any atom is 0.141 e. The highest BCUT2D eigenvalue weighted by Crippen LogP contribution is 2.31. The van der Waals surface area contributed by atoms with E-state index >= 15 is 0 Å². The second-order valence-electron chi connectivity index (χ2n) is 4.95. The summed E-state index contributed by atoms with van der Waals surface area (Å²) in [5, 5.41) is 0. The smallest absolute Gasteiger partial charge is 0.141 e. The van der Waals surface area contributed by atoms with Gasteiger partial charge in [-0.1, -0.05) is 6.07 Å². The Kier molecular flexibility index (Phi) is 4.78. The number of aryl methyl sites for hydroxylation is 1. The molecule has 0 aliphatic carbocycles. The van der Waals surface area contributed by atoms with Crippen LogP contribution in [0, 0.1) is 12.7 Å². The van der Waals surface area contributed by atoms with Crippen molar-refractivity contribution in [3.05, 3.63) is 57.8 Å². The number of benzene rings is 2. The molecule has 0 saturated heterocycles. The monoisotopic (exact) mass is 337 g/mol. The van der Waals surface area contributed by atoms with Crippen LogP contribution in [0.2, 0.25) is 0 Å². The summed E-state index contributed by atoms with van der Waals surface area (Å²) in [6, 6.07) is 10.4. The average molecular weight is 338 g/mol. The van der Waals surface area contributed by atoms with E-state index in [4.69, 9.17) is 10.5 Å². The highest BCUT2D eigenvalue weighted by atomic mass is 79.9. The van der Waals surface area contributed by atoms with Gasteiger partial charge in [0, 0.05) is 6.04 Å². The molecule has 0 amide bonds. The molecule has 0 aromatic heterocycles. The van der Waals surface area contributed by atoms with Gasteiger partial charge in [0.15, 0.2) is 0 Å². The molecule has 0 aliphatic heterocycles. The van der Waals surface area contributed by atoms with E-state index in [0.717, 1.165) is 17.7 Å². The number of hydrogen-bond donors (Lipinski definition) is 1. The predicted molar refractivity (Wildman–Crippen MR) is 82.7 cm³/mol. The number of hydrogen-bond acceptors (Lipinski definition) is 2. The van der Waals surface area contributed by atoms with Gasteiger partial charge < -0.3 is 10.5 Å². The lowest BCUT2D eigenvalue weighted by atomic mass is 10.0. The van der Waals surface area contributed by atoms with Crippen molar-refractivity contribution in [1.82, 2.24) is 0 Å². The molecule has 2 aromatic rings. The normalized spacial score (nSPS) is 12.2. The molecule has 1 unspecified atom stereocenters. The fourth-order valence-corrected chi connectivity index (χ4v) is 2.42. The zero-order valence-electron chi connectivity index (χ0n) is 11.5. The predicted octanol–water partition coefficient (Wildman–Crippen LogP) is 4.58. The fraction of sp³-hybridized carbons (Fsp3) is 0.250. The van der Waals surface area contributed by atoms with Crippen LogP contribution in [-0.4, -0.2) is 6.04 Å². The first-order valence-corrected chi connectivity index (χ1v) is 7.23. The van der Waals surface area contributed by atoms with E-state index in [1.165, 1.54) is 17.7 Å². The molecule has 2 rings (SSSR count). The first-order chi connectivity index (χ1) is 9.45. The number of nitrogens with two attached hydrogens (primary N) is 1. The van der Waals surface area contributed by atoms with Gasteiger partial charge in [0.25, 0.3) is 0 Å². The van der Waals surface area contributed by atoms with Crippen molar-refractivity contribution in [3.63, 3.8) is 0 Å². The van der Waals surface area contributed by atoms with E-state index in [9.17, 15) is 4.39 Å². The maximum absolute atomic E-state index is 13.0. The van der Waals surface area contributed by atoms with Crippen LogP contribution >= 0.6 is 15.9 Å². The van der Waals surface area contributed by atoms with E-state index in [1.54, 1.807) is 6.07 Å². The summed E-state index contributed by atoms with van der Waals surface area (Å²) in [7, 11) is 0. The van der Waals surface area contributed by atoms with Gasteiger partial charge in [-0.15, -0.1) is 0 Å². The van der Waals surface area contributed by atoms with Gasteiger partial charge in [-0.25, -0.2) is 4.39 Å². The van der Waals surface area contributed by atoms with E-state index in [-0.39, 0.29) is 11.9 Å². The van der Waals surface area contributed by atoms with E-state index in [2.05, 4.69) is 15.9 Å². The van der Waals surface area contributed by atoms with Crippen molar-refractivity contribution < 1.29 is 9.13 Å². The molecule has 2 nitrogen and oxygen atoms in total.